The van der Waals surface area contributed by atoms with Gasteiger partial charge in [0.2, 0.25) is 11.8 Å². The smallest absolute Gasteiger partial charge is 0.744 e. The molecule has 0 aliphatic rings. The first kappa shape index (κ1) is 34.9. The maximum absolute atomic E-state index is 11.7. The second-order valence-electron chi connectivity index (χ2n) is 6.71. The third-order valence-corrected chi connectivity index (χ3v) is 5.91. The van der Waals surface area contributed by atoms with Gasteiger partial charge in [-0.05, 0) is 35.4 Å². The van der Waals surface area contributed by atoms with Crippen LogP contribution in [0.5, 0.6) is 0 Å². The zero-order chi connectivity index (χ0) is 25.5. The van der Waals surface area contributed by atoms with Crippen molar-refractivity contribution in [3.63, 3.8) is 0 Å². The van der Waals surface area contributed by atoms with Crippen LogP contribution in [0.25, 0.3) is 12.2 Å². The molecule has 2 N–H and O–H groups in total. The van der Waals surface area contributed by atoms with Crippen molar-refractivity contribution >= 4 is 55.6 Å². The summed E-state index contributed by atoms with van der Waals surface area (Å²) in [5.74, 6) is -1.16. The van der Waals surface area contributed by atoms with Gasteiger partial charge >= 0.3 is 59.1 Å². The van der Waals surface area contributed by atoms with Gasteiger partial charge in [-0.3, -0.25) is 9.59 Å². The van der Waals surface area contributed by atoms with Gasteiger partial charge in [0.1, 0.15) is 33.5 Å². The van der Waals surface area contributed by atoms with E-state index in [1.165, 1.54) is 38.5 Å². The Morgan fingerprint density at radius 3 is 1.36 bits per heavy atom. The molecule has 0 unspecified atom stereocenters. The van der Waals surface area contributed by atoms with Gasteiger partial charge in [0.05, 0.1) is 9.79 Å². The molecule has 0 fully saturated rings. The number of benzene rings is 2. The molecule has 184 valence electrons. The summed E-state index contributed by atoms with van der Waals surface area (Å²) in [5.41, 5.74) is -0.196. The molecule has 12 nitrogen and oxygen atoms in total. The third kappa shape index (κ3) is 10.7. The first-order valence-corrected chi connectivity index (χ1v) is 12.1. The van der Waals surface area contributed by atoms with Gasteiger partial charge in [-0.1, -0.05) is 24.3 Å². The zero-order valence-corrected chi connectivity index (χ0v) is 25.6. The van der Waals surface area contributed by atoms with Gasteiger partial charge in [-0.15, -0.1) is 0 Å². The molecule has 0 saturated heterocycles. The van der Waals surface area contributed by atoms with E-state index >= 15 is 0 Å². The summed E-state index contributed by atoms with van der Waals surface area (Å²) in [6.07, 6.45) is 2.25. The van der Waals surface area contributed by atoms with Crippen molar-refractivity contribution in [2.75, 3.05) is 38.1 Å². The summed E-state index contributed by atoms with van der Waals surface area (Å²) in [6, 6.07) is 6.95. The Morgan fingerprint density at radius 2 is 1.08 bits per heavy atom. The number of anilines is 2. The van der Waals surface area contributed by atoms with Crippen molar-refractivity contribution in [3.05, 3.63) is 47.5 Å². The fourth-order valence-corrected chi connectivity index (χ4v) is 4.16. The van der Waals surface area contributed by atoms with E-state index in [1.807, 2.05) is 0 Å². The van der Waals surface area contributed by atoms with E-state index in [-0.39, 0.29) is 94.8 Å². The monoisotopic (exact) mass is 558 g/mol. The first-order chi connectivity index (χ1) is 15.8. The molecule has 2 rings (SSSR count). The summed E-state index contributed by atoms with van der Waals surface area (Å²) >= 11 is 0. The minimum atomic E-state index is -5.00. The molecule has 2 aromatic carbocycles. The maximum atomic E-state index is 11.7. The Morgan fingerprint density at radius 1 is 0.750 bits per heavy atom. The van der Waals surface area contributed by atoms with E-state index < -0.39 is 41.8 Å². The Labute approximate surface area is 252 Å². The molecule has 0 aliphatic heterocycles. The predicted molar refractivity (Wildman–Crippen MR) is 119 cm³/mol. The molecular weight excluding hydrogens is 538 g/mol. The minimum absolute atomic E-state index is 0. The topological polar surface area (TPSA) is 191 Å². The second kappa shape index (κ2) is 15.3. The normalized spacial score (nSPS) is 11.3. The predicted octanol–water partition coefficient (Wildman–Crippen LogP) is -5.16. The number of methoxy groups -OCH3 is 2. The average molecular weight is 558 g/mol. The van der Waals surface area contributed by atoms with E-state index in [0.717, 1.165) is 24.3 Å². The summed E-state index contributed by atoms with van der Waals surface area (Å²) in [6.45, 7) is -0.592. The van der Waals surface area contributed by atoms with Gasteiger partial charge in [-0.25, -0.2) is 16.8 Å². The van der Waals surface area contributed by atoms with Crippen LogP contribution in [0.1, 0.15) is 11.1 Å². The molecule has 0 radical (unpaired) electrons. The number of hydrogen-bond acceptors (Lipinski definition) is 10. The van der Waals surface area contributed by atoms with Gasteiger partial charge < -0.3 is 29.2 Å². The van der Waals surface area contributed by atoms with Gasteiger partial charge in [0.15, 0.2) is 0 Å². The third-order valence-electron chi connectivity index (χ3n) is 4.13. The first-order valence-electron chi connectivity index (χ1n) is 9.30. The number of nitrogens with one attached hydrogen (secondary N) is 2. The van der Waals surface area contributed by atoms with Crippen LogP contribution in [0.4, 0.5) is 11.4 Å². The summed E-state index contributed by atoms with van der Waals surface area (Å²) in [7, 11) is -7.41. The molecule has 2 amide bonds. The summed E-state index contributed by atoms with van der Waals surface area (Å²) < 4.78 is 79.7. The molecule has 0 atom stereocenters. The fraction of sp³-hybridized carbons (Fsp3) is 0.200. The molecule has 0 aromatic heterocycles. The van der Waals surface area contributed by atoms with Crippen molar-refractivity contribution in [3.8, 4) is 0 Å². The van der Waals surface area contributed by atoms with Crippen LogP contribution >= 0.6 is 0 Å². The van der Waals surface area contributed by atoms with Crippen molar-refractivity contribution in [1.82, 2.24) is 0 Å². The number of hydrogen-bond donors (Lipinski definition) is 2. The van der Waals surface area contributed by atoms with Crippen LogP contribution < -0.4 is 69.7 Å². The number of rotatable bonds is 10. The Kier molecular flexibility index (Phi) is 14.8. The van der Waals surface area contributed by atoms with Gasteiger partial charge in [0, 0.05) is 25.6 Å². The molecular formula is C20H20N2Na2O10S2. The van der Waals surface area contributed by atoms with E-state index in [1.54, 1.807) is 0 Å². The van der Waals surface area contributed by atoms with Crippen molar-refractivity contribution in [2.24, 2.45) is 0 Å². The standard InChI is InChI=1S/C20H22N2O10S2.2Na/c1-31-11-19(23)21-15-7-5-13(17(9-15)33(25,26)27)3-4-14-6-8-16(22-20(24)12-32-2)10-18(14)34(28,29)30;;/h3-10H,11-12H2,1-2H3,(H,21,23)(H,22,24)(H,25,26,27)(H,28,29,30);;/q;2*+1/p-2/b4-3+;;. The van der Waals surface area contributed by atoms with E-state index in [0.29, 0.717) is 0 Å². The Bertz CT molecular complexity index is 1230. The van der Waals surface area contributed by atoms with Crippen molar-refractivity contribution < 1.29 is 104 Å². The molecule has 0 spiro atoms. The fourth-order valence-electron chi connectivity index (χ4n) is 2.77. The van der Waals surface area contributed by atoms with E-state index in [9.17, 15) is 35.5 Å². The van der Waals surface area contributed by atoms with Crippen LogP contribution in [0.3, 0.4) is 0 Å². The molecule has 2 aromatic rings. The van der Waals surface area contributed by atoms with Gasteiger partial charge in [-0.2, -0.15) is 0 Å². The van der Waals surface area contributed by atoms with Gasteiger partial charge in [0.25, 0.3) is 0 Å². The summed E-state index contributed by atoms with van der Waals surface area (Å²) in [5, 5.41) is 4.72. The van der Waals surface area contributed by atoms with Crippen molar-refractivity contribution in [2.45, 2.75) is 9.79 Å². The second-order valence-corrected chi connectivity index (χ2v) is 9.41. The van der Waals surface area contributed by atoms with Crippen LogP contribution in [-0.2, 0) is 39.3 Å². The van der Waals surface area contributed by atoms with Crippen LogP contribution in [0.15, 0.2) is 46.2 Å². The van der Waals surface area contributed by atoms with Crippen LogP contribution in [-0.4, -0.2) is 65.2 Å². The SMILES string of the molecule is COCC(=O)Nc1ccc(/C=C/c2ccc(NC(=O)COC)cc2S(=O)(=O)[O-])c(S(=O)(=O)[O-])c1.[Na+].[Na+]. The number of amides is 2. The molecule has 0 bridgehead atoms. The zero-order valence-electron chi connectivity index (χ0n) is 19.9. The number of carbonyl (C=O) groups excluding carboxylic acids is 2. The largest absolute Gasteiger partial charge is 1.00 e. The van der Waals surface area contributed by atoms with Crippen molar-refractivity contribution in [1.29, 1.82) is 0 Å². The van der Waals surface area contributed by atoms with E-state index in [4.69, 9.17) is 0 Å². The van der Waals surface area contributed by atoms with Crippen LogP contribution in [0.2, 0.25) is 0 Å². The Balaban J connectivity index is 0.00000612. The minimum Gasteiger partial charge on any atom is -0.744 e. The number of carbonyl (C=O) groups is 2. The molecule has 0 aliphatic carbocycles. The molecule has 0 heterocycles. The number of ether oxygens (including phenoxy) is 2. The summed E-state index contributed by atoms with van der Waals surface area (Å²) in [4.78, 5) is 21.9. The van der Waals surface area contributed by atoms with E-state index in [2.05, 4.69) is 20.1 Å². The molecule has 0 saturated carbocycles. The van der Waals surface area contributed by atoms with Crippen LogP contribution in [0, 0.1) is 0 Å². The molecule has 16 heteroatoms. The Hall–Kier alpha value is -1.14. The molecule has 36 heavy (non-hydrogen) atoms. The quantitative estimate of drug-likeness (QED) is 0.162. The maximum Gasteiger partial charge on any atom is 1.00 e. The average Bonchev–Trinajstić information content (AvgIpc) is 2.72.